The average Bonchev–Trinajstić information content (AvgIpc) is 3.16. The lowest BCUT2D eigenvalue weighted by molar-refractivity contribution is 0.0897. The van der Waals surface area contributed by atoms with Gasteiger partial charge in [-0.1, -0.05) is 40.2 Å². The summed E-state index contributed by atoms with van der Waals surface area (Å²) >= 11 is 9.49. The van der Waals surface area contributed by atoms with Gasteiger partial charge in [-0.05, 0) is 55.5 Å². The quantitative estimate of drug-likeness (QED) is 0.411. The number of ether oxygens (including phenoxy) is 2. The van der Waals surface area contributed by atoms with Crippen molar-refractivity contribution in [3.63, 3.8) is 0 Å². The lowest BCUT2D eigenvalue weighted by Crippen LogP contribution is -2.17. The van der Waals surface area contributed by atoms with Gasteiger partial charge in [0.1, 0.15) is 18.5 Å². The summed E-state index contributed by atoms with van der Waals surface area (Å²) < 4.78 is 26.1. The van der Waals surface area contributed by atoms with Gasteiger partial charge in [-0.25, -0.2) is 4.39 Å². The molecular weight excluding hydrogens is 459 g/mol. The molecule has 0 saturated carbocycles. The highest BCUT2D eigenvalue weighted by Crippen LogP contribution is 2.32. The molecule has 2 aromatic carbocycles. The zero-order chi connectivity index (χ0) is 21.0. The van der Waals surface area contributed by atoms with Gasteiger partial charge in [-0.15, -0.1) is 0 Å². The fraction of sp³-hybridized carbons (Fsp3) is 0.174. The van der Waals surface area contributed by atoms with Crippen molar-refractivity contribution in [3.05, 3.63) is 99.0 Å². The summed E-state index contributed by atoms with van der Waals surface area (Å²) in [4.78, 5) is 12.7. The van der Waals surface area contributed by atoms with Crippen LogP contribution in [0.5, 0.6) is 5.75 Å². The van der Waals surface area contributed by atoms with E-state index in [4.69, 9.17) is 21.1 Å². The molecule has 3 nitrogen and oxygen atoms in total. The fourth-order valence-electron chi connectivity index (χ4n) is 2.95. The largest absolute Gasteiger partial charge is 0.490 e. The molecule has 2 aromatic rings. The molecule has 1 unspecified atom stereocenters. The summed E-state index contributed by atoms with van der Waals surface area (Å²) in [7, 11) is 0. The summed E-state index contributed by atoms with van der Waals surface area (Å²) in [6.07, 6.45) is 3.18. The van der Waals surface area contributed by atoms with Crippen LogP contribution in [0.3, 0.4) is 0 Å². The summed E-state index contributed by atoms with van der Waals surface area (Å²) in [5.74, 6) is 0.235. The van der Waals surface area contributed by atoms with Crippen molar-refractivity contribution in [2.24, 2.45) is 0 Å². The van der Waals surface area contributed by atoms with Crippen LogP contribution in [0.2, 0.25) is 5.02 Å². The first-order chi connectivity index (χ1) is 13.9. The Kier molecular flexibility index (Phi) is 6.93. The van der Waals surface area contributed by atoms with Crippen LogP contribution in [-0.2, 0) is 4.74 Å². The van der Waals surface area contributed by atoms with Crippen LogP contribution in [0.1, 0.15) is 29.3 Å². The summed E-state index contributed by atoms with van der Waals surface area (Å²) in [5, 5.41) is 0.395. The Bertz CT molecular complexity index is 996. The van der Waals surface area contributed by atoms with Gasteiger partial charge in [0.2, 0.25) is 0 Å². The number of rotatable bonds is 7. The molecule has 0 saturated heterocycles. The van der Waals surface area contributed by atoms with E-state index < -0.39 is 5.83 Å². The topological polar surface area (TPSA) is 35.5 Å². The van der Waals surface area contributed by atoms with Gasteiger partial charge in [-0.3, -0.25) is 4.79 Å². The van der Waals surface area contributed by atoms with E-state index in [0.29, 0.717) is 28.3 Å². The number of halogens is 3. The molecule has 0 radical (unpaired) electrons. The van der Waals surface area contributed by atoms with E-state index in [-0.39, 0.29) is 24.3 Å². The minimum Gasteiger partial charge on any atom is -0.490 e. The van der Waals surface area contributed by atoms with Crippen molar-refractivity contribution in [3.8, 4) is 5.75 Å². The highest BCUT2D eigenvalue weighted by atomic mass is 79.9. The normalized spacial score (nSPS) is 16.6. The Balaban J connectivity index is 1.63. The van der Waals surface area contributed by atoms with Gasteiger partial charge in [0.05, 0.1) is 5.02 Å². The van der Waals surface area contributed by atoms with Crippen LogP contribution < -0.4 is 4.74 Å². The van der Waals surface area contributed by atoms with Crippen LogP contribution in [0.25, 0.3) is 0 Å². The van der Waals surface area contributed by atoms with Gasteiger partial charge >= 0.3 is 0 Å². The Hall–Kier alpha value is -2.37. The summed E-state index contributed by atoms with van der Waals surface area (Å²) in [5.41, 5.74) is 1.65. The maximum Gasteiger partial charge on any atom is 0.194 e. The zero-order valence-electron chi connectivity index (χ0n) is 15.8. The predicted octanol–water partition coefficient (Wildman–Crippen LogP) is 6.81. The Morgan fingerprint density at radius 1 is 1.34 bits per heavy atom. The molecule has 1 heterocycles. The molecule has 0 fully saturated rings. The summed E-state index contributed by atoms with van der Waals surface area (Å²) in [6, 6.07) is 11.9. The van der Waals surface area contributed by atoms with Crippen LogP contribution >= 0.6 is 27.5 Å². The van der Waals surface area contributed by atoms with E-state index in [2.05, 4.69) is 22.5 Å². The maximum absolute atomic E-state index is 13.9. The second-order valence-electron chi connectivity index (χ2n) is 6.43. The molecule has 1 atom stereocenters. The molecule has 0 aromatic heterocycles. The standard InChI is InChI=1S/C23H19BrClFO3/c1-3-14-11-18(29-23(14)21(26)4-2)13-28-17-8-5-15(6-9-17)22(27)19-12-16(24)7-10-20(19)25/h3-10,12,18H,1,11,13H2,2H3/b21-4+. The molecule has 1 aliphatic heterocycles. The first-order valence-corrected chi connectivity index (χ1v) is 10.2. The van der Waals surface area contributed by atoms with E-state index in [9.17, 15) is 9.18 Å². The second-order valence-corrected chi connectivity index (χ2v) is 7.75. The third-order valence-electron chi connectivity index (χ3n) is 4.47. The number of benzene rings is 2. The van der Waals surface area contributed by atoms with Gasteiger partial charge < -0.3 is 9.47 Å². The molecular formula is C23H19BrClFO3. The molecule has 6 heteroatoms. The fourth-order valence-corrected chi connectivity index (χ4v) is 3.51. The van der Waals surface area contributed by atoms with Gasteiger partial charge in [-0.2, -0.15) is 0 Å². The lowest BCUT2D eigenvalue weighted by Gasteiger charge is -2.14. The van der Waals surface area contributed by atoms with Crippen LogP contribution in [0.4, 0.5) is 4.39 Å². The van der Waals surface area contributed by atoms with Gasteiger partial charge in [0.25, 0.3) is 0 Å². The number of hydrogen-bond acceptors (Lipinski definition) is 3. The molecule has 0 N–H and O–H groups in total. The first kappa shape index (κ1) is 21.3. The SMILES string of the molecule is C=CC1=C(/C(F)=C\C)OC(COc2ccc(C(=O)c3cc(Br)ccc3Cl)cc2)C1. The number of hydrogen-bond donors (Lipinski definition) is 0. The van der Waals surface area contributed by atoms with Crippen LogP contribution in [0, 0.1) is 0 Å². The monoisotopic (exact) mass is 476 g/mol. The van der Waals surface area contributed by atoms with E-state index in [1.165, 1.54) is 6.08 Å². The third-order valence-corrected chi connectivity index (χ3v) is 5.29. The molecule has 0 amide bonds. The highest BCUT2D eigenvalue weighted by molar-refractivity contribution is 9.10. The lowest BCUT2D eigenvalue weighted by atomic mass is 10.0. The number of allylic oxidation sites excluding steroid dienone is 3. The van der Waals surface area contributed by atoms with Crippen molar-refractivity contribution in [2.75, 3.05) is 6.61 Å². The molecule has 3 rings (SSSR count). The number of ketones is 1. The second kappa shape index (κ2) is 9.42. The van der Waals surface area contributed by atoms with E-state index >= 15 is 0 Å². The number of carbonyl (C=O) groups is 1. The van der Waals surface area contributed by atoms with Crippen LogP contribution in [0.15, 0.2) is 82.8 Å². The van der Waals surface area contributed by atoms with E-state index in [1.807, 2.05) is 0 Å². The molecule has 1 aliphatic rings. The Morgan fingerprint density at radius 3 is 2.72 bits per heavy atom. The van der Waals surface area contributed by atoms with E-state index in [0.717, 1.165) is 10.0 Å². The summed E-state index contributed by atoms with van der Waals surface area (Å²) in [6.45, 7) is 5.57. The maximum atomic E-state index is 13.9. The average molecular weight is 478 g/mol. The Labute approximate surface area is 182 Å². The highest BCUT2D eigenvalue weighted by Gasteiger charge is 2.27. The minimum absolute atomic E-state index is 0.173. The van der Waals surface area contributed by atoms with Gasteiger partial charge in [0.15, 0.2) is 17.4 Å². The van der Waals surface area contributed by atoms with Crippen molar-refractivity contribution < 1.29 is 18.7 Å². The molecule has 0 bridgehead atoms. The van der Waals surface area contributed by atoms with E-state index in [1.54, 1.807) is 55.5 Å². The van der Waals surface area contributed by atoms with Gasteiger partial charge in [0, 0.05) is 27.6 Å². The van der Waals surface area contributed by atoms with Crippen molar-refractivity contribution in [2.45, 2.75) is 19.4 Å². The van der Waals surface area contributed by atoms with Crippen molar-refractivity contribution in [1.29, 1.82) is 0 Å². The number of carbonyl (C=O) groups excluding carboxylic acids is 1. The molecule has 0 aliphatic carbocycles. The predicted molar refractivity (Wildman–Crippen MR) is 116 cm³/mol. The van der Waals surface area contributed by atoms with Crippen LogP contribution in [-0.4, -0.2) is 18.5 Å². The molecule has 29 heavy (non-hydrogen) atoms. The molecule has 150 valence electrons. The zero-order valence-corrected chi connectivity index (χ0v) is 18.1. The minimum atomic E-state index is -0.406. The Morgan fingerprint density at radius 2 is 2.07 bits per heavy atom. The first-order valence-electron chi connectivity index (χ1n) is 9.00. The van der Waals surface area contributed by atoms with Crippen molar-refractivity contribution >= 4 is 33.3 Å². The smallest absolute Gasteiger partial charge is 0.194 e. The third kappa shape index (κ3) is 4.98. The van der Waals surface area contributed by atoms with Crippen molar-refractivity contribution in [1.82, 2.24) is 0 Å². The molecule has 0 spiro atoms.